The molecule has 2 N–H and O–H groups in total. The normalized spacial score (nSPS) is 21.9. The molecular formula is C25H29ClF3N3O2. The van der Waals surface area contributed by atoms with Gasteiger partial charge in [-0.05, 0) is 99.5 Å². The number of nitrogens with one attached hydrogen (secondary N) is 2. The Bertz CT molecular complexity index is 945. The van der Waals surface area contributed by atoms with Crippen molar-refractivity contribution in [2.24, 2.45) is 5.92 Å². The number of nitrogens with zero attached hydrogens (tertiary/aromatic N) is 1. The number of likely N-dealkylation sites (tertiary alicyclic amines) is 1. The number of carbonyl (C=O) groups excluding carboxylic acids is 1. The molecule has 4 rings (SSSR count). The SMILES string of the molecule is O=C(Nc1ccc(OC(F)(F)F)cc1)NC1CCCC1N1CCC(Cc2ccc(Cl)cc2)CC1. The van der Waals surface area contributed by atoms with Crippen LogP contribution in [0.3, 0.4) is 0 Å². The number of amides is 2. The summed E-state index contributed by atoms with van der Waals surface area (Å²) in [5.41, 5.74) is 1.72. The topological polar surface area (TPSA) is 53.6 Å². The highest BCUT2D eigenvalue weighted by Gasteiger charge is 2.35. The van der Waals surface area contributed by atoms with Gasteiger partial charge in [-0.25, -0.2) is 4.79 Å². The molecule has 2 unspecified atom stereocenters. The second-order valence-corrected chi connectivity index (χ2v) is 9.52. The van der Waals surface area contributed by atoms with Crippen molar-refractivity contribution in [1.29, 1.82) is 0 Å². The van der Waals surface area contributed by atoms with Crippen LogP contribution in [0, 0.1) is 5.92 Å². The smallest absolute Gasteiger partial charge is 0.406 e. The molecule has 1 saturated heterocycles. The van der Waals surface area contributed by atoms with Crippen LogP contribution in [0.4, 0.5) is 23.7 Å². The summed E-state index contributed by atoms with van der Waals surface area (Å²) in [5, 5.41) is 6.53. The van der Waals surface area contributed by atoms with E-state index in [-0.39, 0.29) is 17.8 Å². The Morgan fingerprint density at radius 1 is 1.00 bits per heavy atom. The number of hydrogen-bond donors (Lipinski definition) is 2. The van der Waals surface area contributed by atoms with E-state index < -0.39 is 6.36 Å². The largest absolute Gasteiger partial charge is 0.573 e. The molecule has 0 bridgehead atoms. The Morgan fingerprint density at radius 2 is 1.68 bits per heavy atom. The van der Waals surface area contributed by atoms with Crippen molar-refractivity contribution in [3.05, 3.63) is 59.1 Å². The number of halogens is 4. The number of ether oxygens (including phenoxy) is 1. The van der Waals surface area contributed by atoms with Crippen molar-refractivity contribution >= 4 is 23.3 Å². The van der Waals surface area contributed by atoms with Crippen molar-refractivity contribution in [3.8, 4) is 5.75 Å². The molecule has 5 nitrogen and oxygen atoms in total. The van der Waals surface area contributed by atoms with Gasteiger partial charge in [-0.15, -0.1) is 13.2 Å². The number of anilines is 1. The summed E-state index contributed by atoms with van der Waals surface area (Å²) in [6, 6.07) is 13.2. The van der Waals surface area contributed by atoms with Gasteiger partial charge < -0.3 is 15.4 Å². The minimum absolute atomic E-state index is 0.0562. The second-order valence-electron chi connectivity index (χ2n) is 9.09. The van der Waals surface area contributed by atoms with Crippen LogP contribution < -0.4 is 15.4 Å². The average Bonchev–Trinajstić information content (AvgIpc) is 3.24. The van der Waals surface area contributed by atoms with Gasteiger partial charge in [0.15, 0.2) is 0 Å². The minimum atomic E-state index is -4.74. The number of urea groups is 1. The zero-order valence-electron chi connectivity index (χ0n) is 18.8. The lowest BCUT2D eigenvalue weighted by Gasteiger charge is -2.38. The maximum absolute atomic E-state index is 12.5. The first kappa shape index (κ1) is 24.7. The Balaban J connectivity index is 1.24. The number of rotatable bonds is 6. The summed E-state index contributed by atoms with van der Waals surface area (Å²) in [6.07, 6.45) is 1.61. The van der Waals surface area contributed by atoms with Gasteiger partial charge in [0.05, 0.1) is 0 Å². The van der Waals surface area contributed by atoms with Crippen LogP contribution in [0.1, 0.15) is 37.7 Å². The van der Waals surface area contributed by atoms with Crippen LogP contribution in [0.5, 0.6) is 5.75 Å². The fourth-order valence-electron chi connectivity index (χ4n) is 5.06. The molecule has 1 aliphatic heterocycles. The molecule has 9 heteroatoms. The highest BCUT2D eigenvalue weighted by Crippen LogP contribution is 2.30. The van der Waals surface area contributed by atoms with Gasteiger partial charge in [0.1, 0.15) is 5.75 Å². The molecule has 0 aromatic heterocycles. The molecule has 1 heterocycles. The van der Waals surface area contributed by atoms with E-state index in [0.717, 1.165) is 56.6 Å². The van der Waals surface area contributed by atoms with Crippen LogP contribution in [0.2, 0.25) is 5.02 Å². The molecule has 184 valence electrons. The van der Waals surface area contributed by atoms with Crippen LogP contribution in [-0.2, 0) is 6.42 Å². The van der Waals surface area contributed by atoms with Gasteiger partial charge in [-0.2, -0.15) is 0 Å². The predicted molar refractivity (Wildman–Crippen MR) is 126 cm³/mol. The molecule has 0 radical (unpaired) electrons. The van der Waals surface area contributed by atoms with Crippen molar-refractivity contribution in [3.63, 3.8) is 0 Å². The summed E-state index contributed by atoms with van der Waals surface area (Å²) in [5.74, 6) is 0.326. The van der Waals surface area contributed by atoms with Gasteiger partial charge in [0, 0.05) is 22.8 Å². The molecule has 2 aromatic rings. The molecule has 34 heavy (non-hydrogen) atoms. The number of carbonyl (C=O) groups is 1. The van der Waals surface area contributed by atoms with Gasteiger partial charge in [-0.3, -0.25) is 4.90 Å². The summed E-state index contributed by atoms with van der Waals surface area (Å²) in [7, 11) is 0. The lowest BCUT2D eigenvalue weighted by Crippen LogP contribution is -2.52. The number of alkyl halides is 3. The maximum Gasteiger partial charge on any atom is 0.573 e. The van der Waals surface area contributed by atoms with Gasteiger partial charge in [0.25, 0.3) is 0 Å². The lowest BCUT2D eigenvalue weighted by molar-refractivity contribution is -0.274. The standard InChI is InChI=1S/C25H29ClF3N3O2/c26-19-6-4-17(5-7-19)16-18-12-14-32(15-13-18)23-3-1-2-22(23)31-24(33)30-20-8-10-21(11-9-20)34-25(27,28)29/h4-11,18,22-23H,1-3,12-16H2,(H2,30,31,33). The molecule has 2 amide bonds. The third kappa shape index (κ3) is 7.03. The molecule has 2 fully saturated rings. The first-order chi connectivity index (χ1) is 16.2. The average molecular weight is 496 g/mol. The summed E-state index contributed by atoms with van der Waals surface area (Å²) >= 11 is 5.98. The zero-order chi connectivity index (χ0) is 24.1. The van der Waals surface area contributed by atoms with Gasteiger partial charge >= 0.3 is 12.4 Å². The quantitative estimate of drug-likeness (QED) is 0.499. The molecule has 0 spiro atoms. The lowest BCUT2D eigenvalue weighted by atomic mass is 9.89. The minimum Gasteiger partial charge on any atom is -0.406 e. The van der Waals surface area contributed by atoms with Crippen LogP contribution in [0.25, 0.3) is 0 Å². The Kier molecular flexibility index (Phi) is 7.88. The van der Waals surface area contributed by atoms with E-state index in [2.05, 4.69) is 32.4 Å². The summed E-state index contributed by atoms with van der Waals surface area (Å²) in [6.45, 7) is 2.03. The summed E-state index contributed by atoms with van der Waals surface area (Å²) < 4.78 is 40.7. The molecule has 2 aliphatic rings. The van der Waals surface area contributed by atoms with Crippen LogP contribution in [0.15, 0.2) is 48.5 Å². The summed E-state index contributed by atoms with van der Waals surface area (Å²) in [4.78, 5) is 15.0. The highest BCUT2D eigenvalue weighted by atomic mass is 35.5. The monoisotopic (exact) mass is 495 g/mol. The molecular weight excluding hydrogens is 467 g/mol. The van der Waals surface area contributed by atoms with Crippen molar-refractivity contribution in [1.82, 2.24) is 10.2 Å². The Hall–Kier alpha value is -2.45. The maximum atomic E-state index is 12.5. The molecule has 2 aromatic carbocycles. The fraction of sp³-hybridized carbons (Fsp3) is 0.480. The van der Waals surface area contributed by atoms with E-state index in [0.29, 0.717) is 17.6 Å². The molecule has 1 saturated carbocycles. The number of piperidine rings is 1. The zero-order valence-corrected chi connectivity index (χ0v) is 19.5. The number of benzene rings is 2. The molecule has 1 aliphatic carbocycles. The third-order valence-corrected chi connectivity index (χ3v) is 6.95. The van der Waals surface area contributed by atoms with E-state index in [9.17, 15) is 18.0 Å². The number of hydrogen-bond acceptors (Lipinski definition) is 3. The van der Waals surface area contributed by atoms with E-state index in [1.807, 2.05) is 12.1 Å². The third-order valence-electron chi connectivity index (χ3n) is 6.70. The van der Waals surface area contributed by atoms with E-state index in [4.69, 9.17) is 11.6 Å². The van der Waals surface area contributed by atoms with Gasteiger partial charge in [-0.1, -0.05) is 23.7 Å². The van der Waals surface area contributed by atoms with Crippen LogP contribution in [-0.4, -0.2) is 42.5 Å². The van der Waals surface area contributed by atoms with Crippen molar-refractivity contribution in [2.45, 2.75) is 57.0 Å². The van der Waals surface area contributed by atoms with E-state index in [1.54, 1.807) is 0 Å². The second kappa shape index (κ2) is 10.9. The van der Waals surface area contributed by atoms with Crippen LogP contribution >= 0.6 is 11.6 Å². The predicted octanol–water partition coefficient (Wildman–Crippen LogP) is 6.24. The fourth-order valence-corrected chi connectivity index (χ4v) is 5.19. The van der Waals surface area contributed by atoms with Crippen molar-refractivity contribution in [2.75, 3.05) is 18.4 Å². The first-order valence-electron chi connectivity index (χ1n) is 11.7. The highest BCUT2D eigenvalue weighted by molar-refractivity contribution is 6.30. The first-order valence-corrected chi connectivity index (χ1v) is 12.0. The Labute approximate surface area is 202 Å². The van der Waals surface area contributed by atoms with Crippen molar-refractivity contribution < 1.29 is 22.7 Å². The van der Waals surface area contributed by atoms with E-state index in [1.165, 1.54) is 29.8 Å². The Morgan fingerprint density at radius 3 is 2.32 bits per heavy atom. The van der Waals surface area contributed by atoms with Gasteiger partial charge in [0.2, 0.25) is 0 Å². The van der Waals surface area contributed by atoms with E-state index >= 15 is 0 Å². The molecule has 2 atom stereocenters.